The summed E-state index contributed by atoms with van der Waals surface area (Å²) < 4.78 is 0. The molecule has 0 unspecified atom stereocenters. The van der Waals surface area contributed by atoms with Gasteiger partial charge in [-0.1, -0.05) is 55.8 Å². The smallest absolute Gasteiger partial charge is 0.0855 e. The lowest BCUT2D eigenvalue weighted by Crippen LogP contribution is -1.79. The van der Waals surface area contributed by atoms with Crippen LogP contribution in [0.3, 0.4) is 0 Å². The summed E-state index contributed by atoms with van der Waals surface area (Å²) in [7, 11) is 0. The molecular weight excluding hydrogens is 250 g/mol. The van der Waals surface area contributed by atoms with Crippen LogP contribution >= 0.6 is 11.8 Å². The van der Waals surface area contributed by atoms with Crippen molar-refractivity contribution in [2.24, 2.45) is 0 Å². The third kappa shape index (κ3) is 4.81. The van der Waals surface area contributed by atoms with Crippen molar-refractivity contribution in [3.05, 3.63) is 54.1 Å². The van der Waals surface area contributed by atoms with Gasteiger partial charge in [0.1, 0.15) is 0 Å². The maximum atomic E-state index is 8.52. The summed E-state index contributed by atoms with van der Waals surface area (Å²) in [5, 5.41) is 8.52. The van der Waals surface area contributed by atoms with E-state index in [0.29, 0.717) is 5.75 Å². The number of rotatable bonds is 3. The van der Waals surface area contributed by atoms with Gasteiger partial charge in [-0.25, -0.2) is 0 Å². The average molecular weight is 269 g/mol. The van der Waals surface area contributed by atoms with Crippen LogP contribution in [0.15, 0.2) is 53.4 Å². The molecule has 2 aromatic carbocycles. The van der Waals surface area contributed by atoms with Crippen LogP contribution in [-0.4, -0.2) is 5.75 Å². The van der Waals surface area contributed by atoms with Gasteiger partial charge < -0.3 is 0 Å². The summed E-state index contributed by atoms with van der Waals surface area (Å²) in [6.45, 7) is 6.09. The van der Waals surface area contributed by atoms with Gasteiger partial charge in [-0.05, 0) is 30.2 Å². The van der Waals surface area contributed by atoms with Gasteiger partial charge in [0.25, 0.3) is 0 Å². The fraction of sp³-hybridized carbons (Fsp3) is 0.235. The van der Waals surface area contributed by atoms with E-state index >= 15 is 0 Å². The number of aryl methyl sites for hydroxylation is 1. The van der Waals surface area contributed by atoms with Crippen LogP contribution in [0.25, 0.3) is 11.1 Å². The molecule has 0 aliphatic rings. The molecule has 98 valence electrons. The third-order valence-electron chi connectivity index (χ3n) is 2.54. The van der Waals surface area contributed by atoms with E-state index in [2.05, 4.69) is 61.5 Å². The van der Waals surface area contributed by atoms with E-state index in [0.717, 1.165) is 4.90 Å². The zero-order chi connectivity index (χ0) is 14.1. The van der Waals surface area contributed by atoms with Gasteiger partial charge in [0.2, 0.25) is 0 Å². The molecule has 0 atom stereocenters. The Kier molecular flexibility index (Phi) is 6.78. The number of nitriles is 1. The molecule has 1 nitrogen and oxygen atoms in total. The maximum absolute atomic E-state index is 8.52. The lowest BCUT2D eigenvalue weighted by molar-refractivity contribution is 1.43. The van der Waals surface area contributed by atoms with Gasteiger partial charge in [-0.2, -0.15) is 5.26 Å². The molecule has 0 aliphatic heterocycles. The molecule has 0 aromatic heterocycles. The maximum Gasteiger partial charge on any atom is 0.0855 e. The molecule has 0 fully saturated rings. The molecular formula is C17H19NS. The van der Waals surface area contributed by atoms with Gasteiger partial charge in [-0.3, -0.25) is 0 Å². The van der Waals surface area contributed by atoms with E-state index in [1.807, 2.05) is 13.8 Å². The Balaban J connectivity index is 0.000000861. The molecule has 0 heterocycles. The van der Waals surface area contributed by atoms with E-state index in [4.69, 9.17) is 5.26 Å². The molecule has 19 heavy (non-hydrogen) atoms. The normalized spacial score (nSPS) is 9.16. The van der Waals surface area contributed by atoms with Gasteiger partial charge in [0, 0.05) is 4.90 Å². The van der Waals surface area contributed by atoms with Crippen LogP contribution < -0.4 is 0 Å². The Morgan fingerprint density at radius 3 is 1.84 bits per heavy atom. The number of benzene rings is 2. The highest BCUT2D eigenvalue weighted by Crippen LogP contribution is 2.24. The molecule has 0 aliphatic carbocycles. The van der Waals surface area contributed by atoms with Crippen molar-refractivity contribution in [1.29, 1.82) is 5.26 Å². The monoisotopic (exact) mass is 269 g/mol. The minimum absolute atomic E-state index is 0.504. The molecule has 0 saturated carbocycles. The fourth-order valence-corrected chi connectivity index (χ4v) is 2.16. The third-order valence-corrected chi connectivity index (χ3v) is 3.42. The average Bonchev–Trinajstić information content (AvgIpc) is 2.49. The van der Waals surface area contributed by atoms with Crippen LogP contribution in [0, 0.1) is 18.3 Å². The van der Waals surface area contributed by atoms with Crippen molar-refractivity contribution in [2.45, 2.75) is 25.7 Å². The topological polar surface area (TPSA) is 23.8 Å². The van der Waals surface area contributed by atoms with Crippen molar-refractivity contribution >= 4 is 11.8 Å². The zero-order valence-corrected chi connectivity index (χ0v) is 12.5. The van der Waals surface area contributed by atoms with Crippen LogP contribution in [0.5, 0.6) is 0 Å². The molecule has 0 saturated heterocycles. The lowest BCUT2D eigenvalue weighted by Gasteiger charge is -2.03. The quantitative estimate of drug-likeness (QED) is 0.706. The second kappa shape index (κ2) is 8.39. The van der Waals surface area contributed by atoms with Gasteiger partial charge in [0.05, 0.1) is 11.8 Å². The highest BCUT2D eigenvalue weighted by atomic mass is 32.2. The summed E-state index contributed by atoms with van der Waals surface area (Å²) in [5.74, 6) is 0.504. The van der Waals surface area contributed by atoms with Crippen molar-refractivity contribution in [2.75, 3.05) is 5.75 Å². The molecule has 0 bridgehead atoms. The molecule has 0 amide bonds. The number of hydrogen-bond donors (Lipinski definition) is 0. The Morgan fingerprint density at radius 2 is 1.37 bits per heavy atom. The standard InChI is InChI=1S/C15H13NS.C2H6/c1-12-2-4-13(5-3-12)14-6-8-15(9-7-14)17-11-10-16;1-2/h2-9H,11H2,1H3;1-2H3. The summed E-state index contributed by atoms with van der Waals surface area (Å²) in [5.41, 5.74) is 3.72. The van der Waals surface area contributed by atoms with Crippen LogP contribution in [0.4, 0.5) is 0 Å². The summed E-state index contributed by atoms with van der Waals surface area (Å²) in [4.78, 5) is 1.14. The number of thioether (sulfide) groups is 1. The fourth-order valence-electron chi connectivity index (χ4n) is 1.61. The second-order valence-corrected chi connectivity index (χ2v) is 4.89. The van der Waals surface area contributed by atoms with E-state index in [-0.39, 0.29) is 0 Å². The predicted octanol–water partition coefficient (Wildman–Crippen LogP) is 5.30. The lowest BCUT2D eigenvalue weighted by atomic mass is 10.0. The highest BCUT2D eigenvalue weighted by molar-refractivity contribution is 7.99. The van der Waals surface area contributed by atoms with Crippen molar-refractivity contribution < 1.29 is 0 Å². The van der Waals surface area contributed by atoms with Gasteiger partial charge in [-0.15, -0.1) is 11.8 Å². The minimum atomic E-state index is 0.504. The van der Waals surface area contributed by atoms with E-state index < -0.39 is 0 Å². The number of nitrogens with zero attached hydrogens (tertiary/aromatic N) is 1. The van der Waals surface area contributed by atoms with E-state index in [1.165, 1.54) is 16.7 Å². The minimum Gasteiger partial charge on any atom is -0.197 e. The Labute approximate surface area is 120 Å². The summed E-state index contributed by atoms with van der Waals surface area (Å²) in [6.07, 6.45) is 0. The van der Waals surface area contributed by atoms with Crippen molar-refractivity contribution in [1.82, 2.24) is 0 Å². The molecule has 2 aromatic rings. The molecule has 2 rings (SSSR count). The zero-order valence-electron chi connectivity index (χ0n) is 11.7. The van der Waals surface area contributed by atoms with Gasteiger partial charge >= 0.3 is 0 Å². The Bertz CT molecular complexity index is 521. The SMILES string of the molecule is CC.Cc1ccc(-c2ccc(SCC#N)cc2)cc1. The van der Waals surface area contributed by atoms with E-state index in [9.17, 15) is 0 Å². The molecule has 0 N–H and O–H groups in total. The van der Waals surface area contributed by atoms with Crippen molar-refractivity contribution in [3.8, 4) is 17.2 Å². The van der Waals surface area contributed by atoms with Crippen LogP contribution in [-0.2, 0) is 0 Å². The molecule has 2 heteroatoms. The first-order chi connectivity index (χ1) is 9.29. The van der Waals surface area contributed by atoms with Crippen molar-refractivity contribution in [3.63, 3.8) is 0 Å². The highest BCUT2D eigenvalue weighted by Gasteiger charge is 1.98. The largest absolute Gasteiger partial charge is 0.197 e. The van der Waals surface area contributed by atoms with Gasteiger partial charge in [0.15, 0.2) is 0 Å². The Hall–Kier alpha value is -1.72. The molecule has 0 radical (unpaired) electrons. The van der Waals surface area contributed by atoms with Crippen LogP contribution in [0.2, 0.25) is 0 Å². The Morgan fingerprint density at radius 1 is 0.895 bits per heavy atom. The number of hydrogen-bond acceptors (Lipinski definition) is 2. The summed E-state index contributed by atoms with van der Waals surface area (Å²) in [6, 6.07) is 19.0. The second-order valence-electron chi connectivity index (χ2n) is 3.84. The summed E-state index contributed by atoms with van der Waals surface area (Å²) >= 11 is 1.57. The first-order valence-electron chi connectivity index (χ1n) is 6.46. The first-order valence-corrected chi connectivity index (χ1v) is 7.45. The van der Waals surface area contributed by atoms with Crippen LogP contribution in [0.1, 0.15) is 19.4 Å². The molecule has 0 spiro atoms. The predicted molar refractivity (Wildman–Crippen MR) is 84.3 cm³/mol. The van der Waals surface area contributed by atoms with E-state index in [1.54, 1.807) is 11.8 Å². The first kappa shape index (κ1) is 15.3.